The predicted octanol–water partition coefficient (Wildman–Crippen LogP) is 2.86. The van der Waals surface area contributed by atoms with E-state index in [-0.39, 0.29) is 23.1 Å². The van der Waals surface area contributed by atoms with Crippen LogP contribution < -0.4 is 9.47 Å². The number of hydrogen-bond donors (Lipinski definition) is 0. The summed E-state index contributed by atoms with van der Waals surface area (Å²) in [6.07, 6.45) is 0. The molecule has 2 rings (SSSR count). The van der Waals surface area contributed by atoms with Crippen LogP contribution in [-0.4, -0.2) is 21.6 Å². The molecular formula is C11H9ClFN3O2. The molecule has 0 spiro atoms. The topological polar surface area (TPSA) is 57.1 Å². The van der Waals surface area contributed by atoms with Gasteiger partial charge < -0.3 is 9.47 Å². The van der Waals surface area contributed by atoms with E-state index >= 15 is 0 Å². The van der Waals surface area contributed by atoms with E-state index < -0.39 is 5.82 Å². The van der Waals surface area contributed by atoms with Crippen molar-refractivity contribution in [2.45, 2.75) is 6.92 Å². The van der Waals surface area contributed by atoms with Gasteiger partial charge in [0.15, 0.2) is 0 Å². The summed E-state index contributed by atoms with van der Waals surface area (Å²) in [6.45, 7) is 2.17. The first kappa shape index (κ1) is 12.5. The average molecular weight is 270 g/mol. The monoisotopic (exact) mass is 269 g/mol. The molecule has 0 saturated carbocycles. The number of aromatic nitrogens is 3. The minimum atomic E-state index is -0.419. The molecule has 0 amide bonds. The second-order valence-corrected chi connectivity index (χ2v) is 3.50. The molecule has 18 heavy (non-hydrogen) atoms. The van der Waals surface area contributed by atoms with Crippen molar-refractivity contribution in [3.63, 3.8) is 0 Å². The highest BCUT2D eigenvalue weighted by atomic mass is 35.5. The molecule has 0 aliphatic heterocycles. The highest BCUT2D eigenvalue weighted by Gasteiger charge is 2.08. The second kappa shape index (κ2) is 5.59. The SMILES string of the molecule is CCOc1nc(Cl)nc(Oc2cccc(F)c2)n1. The summed E-state index contributed by atoms with van der Waals surface area (Å²) in [7, 11) is 0. The number of rotatable bonds is 4. The fourth-order valence-corrected chi connectivity index (χ4v) is 1.33. The Bertz CT molecular complexity index is 554. The lowest BCUT2D eigenvalue weighted by atomic mass is 10.3. The van der Waals surface area contributed by atoms with E-state index in [2.05, 4.69) is 15.0 Å². The van der Waals surface area contributed by atoms with Crippen molar-refractivity contribution in [3.05, 3.63) is 35.4 Å². The molecule has 1 aromatic heterocycles. The van der Waals surface area contributed by atoms with Gasteiger partial charge in [-0.3, -0.25) is 0 Å². The van der Waals surface area contributed by atoms with Gasteiger partial charge in [-0.15, -0.1) is 4.98 Å². The number of ether oxygens (including phenoxy) is 2. The fourth-order valence-electron chi connectivity index (χ4n) is 1.19. The van der Waals surface area contributed by atoms with Crippen LogP contribution in [0.15, 0.2) is 24.3 Å². The number of benzene rings is 1. The lowest BCUT2D eigenvalue weighted by molar-refractivity contribution is 0.303. The Labute approximate surface area is 108 Å². The van der Waals surface area contributed by atoms with Crippen LogP contribution >= 0.6 is 11.6 Å². The van der Waals surface area contributed by atoms with Gasteiger partial charge in [0.1, 0.15) is 11.6 Å². The summed E-state index contributed by atoms with van der Waals surface area (Å²) in [5, 5.41) is -0.0557. The maximum absolute atomic E-state index is 13.0. The van der Waals surface area contributed by atoms with E-state index in [4.69, 9.17) is 21.1 Å². The maximum Gasteiger partial charge on any atom is 0.329 e. The van der Waals surface area contributed by atoms with E-state index in [1.165, 1.54) is 18.2 Å². The summed E-state index contributed by atoms with van der Waals surface area (Å²) in [5.41, 5.74) is 0. The first-order valence-electron chi connectivity index (χ1n) is 5.15. The minimum Gasteiger partial charge on any atom is -0.464 e. The molecule has 0 saturated heterocycles. The van der Waals surface area contributed by atoms with Crippen LogP contribution in [0.2, 0.25) is 5.28 Å². The van der Waals surface area contributed by atoms with Crippen molar-refractivity contribution < 1.29 is 13.9 Å². The lowest BCUT2D eigenvalue weighted by Gasteiger charge is -2.05. The Hall–Kier alpha value is -1.95. The van der Waals surface area contributed by atoms with E-state index in [1.807, 2.05) is 0 Å². The minimum absolute atomic E-state index is 0.0518. The maximum atomic E-state index is 13.0. The molecule has 0 aliphatic rings. The van der Waals surface area contributed by atoms with Crippen molar-refractivity contribution in [2.75, 3.05) is 6.61 Å². The third-order valence-electron chi connectivity index (χ3n) is 1.85. The molecule has 94 valence electrons. The molecule has 1 heterocycles. The number of hydrogen-bond acceptors (Lipinski definition) is 5. The van der Waals surface area contributed by atoms with Crippen molar-refractivity contribution in [1.82, 2.24) is 15.0 Å². The van der Waals surface area contributed by atoms with Gasteiger partial charge in [0.05, 0.1) is 6.61 Å². The summed E-state index contributed by atoms with van der Waals surface area (Å²) < 4.78 is 23.3. The molecule has 0 atom stereocenters. The Morgan fingerprint density at radius 3 is 2.72 bits per heavy atom. The van der Waals surface area contributed by atoms with Crippen LogP contribution in [0.4, 0.5) is 4.39 Å². The van der Waals surface area contributed by atoms with E-state index in [1.54, 1.807) is 13.0 Å². The normalized spacial score (nSPS) is 10.2. The third-order valence-corrected chi connectivity index (χ3v) is 2.01. The van der Waals surface area contributed by atoms with E-state index in [9.17, 15) is 4.39 Å². The van der Waals surface area contributed by atoms with Crippen LogP contribution in [0.5, 0.6) is 17.8 Å². The summed E-state index contributed by atoms with van der Waals surface area (Å²) in [5.74, 6) is -0.155. The zero-order chi connectivity index (χ0) is 13.0. The zero-order valence-corrected chi connectivity index (χ0v) is 10.2. The molecule has 5 nitrogen and oxygen atoms in total. The summed E-state index contributed by atoms with van der Waals surface area (Å²) in [6, 6.07) is 5.60. The molecule has 0 bridgehead atoms. The summed E-state index contributed by atoms with van der Waals surface area (Å²) >= 11 is 5.69. The molecule has 0 fully saturated rings. The molecule has 0 aliphatic carbocycles. The highest BCUT2D eigenvalue weighted by Crippen LogP contribution is 2.21. The molecule has 0 N–H and O–H groups in total. The van der Waals surface area contributed by atoms with Gasteiger partial charge in [0.25, 0.3) is 0 Å². The Morgan fingerprint density at radius 1 is 1.22 bits per heavy atom. The van der Waals surface area contributed by atoms with E-state index in [0.717, 1.165) is 0 Å². The first-order chi connectivity index (χ1) is 8.67. The zero-order valence-electron chi connectivity index (χ0n) is 9.43. The summed E-state index contributed by atoms with van der Waals surface area (Å²) in [4.78, 5) is 11.4. The van der Waals surface area contributed by atoms with Crippen molar-refractivity contribution in [2.24, 2.45) is 0 Å². The van der Waals surface area contributed by atoms with Crippen molar-refractivity contribution in [3.8, 4) is 17.8 Å². The van der Waals surface area contributed by atoms with Crippen LogP contribution in [0.1, 0.15) is 6.92 Å². The molecule has 1 aromatic carbocycles. The number of nitrogens with zero attached hydrogens (tertiary/aromatic N) is 3. The quantitative estimate of drug-likeness (QED) is 0.854. The van der Waals surface area contributed by atoms with Crippen LogP contribution in [0.25, 0.3) is 0 Å². The lowest BCUT2D eigenvalue weighted by Crippen LogP contribution is -2.01. The molecule has 2 aromatic rings. The number of halogens is 2. The van der Waals surface area contributed by atoms with Gasteiger partial charge in [0.2, 0.25) is 5.28 Å². The molecular weight excluding hydrogens is 261 g/mol. The second-order valence-electron chi connectivity index (χ2n) is 3.16. The van der Waals surface area contributed by atoms with Gasteiger partial charge in [-0.25, -0.2) is 4.39 Å². The smallest absolute Gasteiger partial charge is 0.329 e. The highest BCUT2D eigenvalue weighted by molar-refractivity contribution is 6.28. The van der Waals surface area contributed by atoms with E-state index in [0.29, 0.717) is 6.61 Å². The van der Waals surface area contributed by atoms with Crippen LogP contribution in [0.3, 0.4) is 0 Å². The van der Waals surface area contributed by atoms with Gasteiger partial charge >= 0.3 is 12.0 Å². The largest absolute Gasteiger partial charge is 0.464 e. The van der Waals surface area contributed by atoms with Crippen molar-refractivity contribution in [1.29, 1.82) is 0 Å². The molecule has 7 heteroatoms. The predicted molar refractivity (Wildman–Crippen MR) is 62.5 cm³/mol. The molecule has 0 radical (unpaired) electrons. The fraction of sp³-hybridized carbons (Fsp3) is 0.182. The van der Waals surface area contributed by atoms with Gasteiger partial charge in [-0.2, -0.15) is 9.97 Å². The van der Waals surface area contributed by atoms with Gasteiger partial charge in [0, 0.05) is 6.07 Å². The van der Waals surface area contributed by atoms with Crippen LogP contribution in [-0.2, 0) is 0 Å². The standard InChI is InChI=1S/C11H9ClFN3O2/c1-2-17-10-14-9(12)15-11(16-10)18-8-5-3-4-7(13)6-8/h3-6H,2H2,1H3. The Kier molecular flexibility index (Phi) is 3.88. The van der Waals surface area contributed by atoms with Gasteiger partial charge in [-0.05, 0) is 30.7 Å². The Balaban J connectivity index is 2.23. The third kappa shape index (κ3) is 3.27. The average Bonchev–Trinajstić information content (AvgIpc) is 2.28. The Morgan fingerprint density at radius 2 is 2.00 bits per heavy atom. The van der Waals surface area contributed by atoms with Crippen molar-refractivity contribution >= 4 is 11.6 Å². The molecule has 0 unspecified atom stereocenters. The first-order valence-corrected chi connectivity index (χ1v) is 5.53. The van der Waals surface area contributed by atoms with Crippen LogP contribution in [0, 0.1) is 5.82 Å². The van der Waals surface area contributed by atoms with Gasteiger partial charge in [-0.1, -0.05) is 6.07 Å².